The molecule has 0 radical (unpaired) electrons. The quantitative estimate of drug-likeness (QED) is 0.469. The van der Waals surface area contributed by atoms with E-state index in [-0.39, 0.29) is 36.3 Å². The van der Waals surface area contributed by atoms with E-state index in [9.17, 15) is 18.7 Å². The molecule has 1 amide bonds. The van der Waals surface area contributed by atoms with E-state index in [1.165, 1.54) is 29.2 Å². The van der Waals surface area contributed by atoms with E-state index in [2.05, 4.69) is 19.9 Å². The van der Waals surface area contributed by atoms with Crippen LogP contribution in [0.25, 0.3) is 22.3 Å². The summed E-state index contributed by atoms with van der Waals surface area (Å²) in [6.07, 6.45) is -2.11. The van der Waals surface area contributed by atoms with Crippen LogP contribution in [0, 0.1) is 0 Å². The molecule has 1 fully saturated rings. The molecule has 4 aromatic rings. The maximum atomic E-state index is 13.3. The zero-order chi connectivity index (χ0) is 23.2. The lowest BCUT2D eigenvalue weighted by molar-refractivity contribution is -0.158. The lowest BCUT2D eigenvalue weighted by Crippen LogP contribution is -2.31. The summed E-state index contributed by atoms with van der Waals surface area (Å²) in [7, 11) is 0. The first-order valence-corrected chi connectivity index (χ1v) is 10.3. The molecule has 2 atom stereocenters. The average molecular weight is 454 g/mol. The van der Waals surface area contributed by atoms with Gasteiger partial charge < -0.3 is 24.3 Å². The number of benzene rings is 2. The SMILES string of the molecule is CC(F)(F)Oc1ccc(-c2noc([C@@H]3C[C@@H](O)CN3C(=O)c3c[nH]c4ccccc34)n2)cc1. The van der Waals surface area contributed by atoms with Gasteiger partial charge in [-0.25, -0.2) is 0 Å². The minimum atomic E-state index is -3.29. The Morgan fingerprint density at radius 3 is 2.76 bits per heavy atom. The molecule has 1 aliphatic heterocycles. The van der Waals surface area contributed by atoms with Crippen LogP contribution in [0.1, 0.15) is 35.6 Å². The predicted octanol–water partition coefficient (Wildman–Crippen LogP) is 4.16. The van der Waals surface area contributed by atoms with Crippen LogP contribution in [0.5, 0.6) is 5.75 Å². The number of ether oxygens (including phenoxy) is 1. The molecule has 2 N–H and O–H groups in total. The van der Waals surface area contributed by atoms with Crippen LogP contribution < -0.4 is 4.74 Å². The van der Waals surface area contributed by atoms with E-state index in [0.29, 0.717) is 18.1 Å². The molecule has 0 saturated carbocycles. The molecule has 1 saturated heterocycles. The number of aromatic nitrogens is 3. The summed E-state index contributed by atoms with van der Waals surface area (Å²) >= 11 is 0. The molecule has 8 nitrogen and oxygen atoms in total. The van der Waals surface area contributed by atoms with Crippen LogP contribution in [0.4, 0.5) is 8.78 Å². The second kappa shape index (κ2) is 7.96. The summed E-state index contributed by atoms with van der Waals surface area (Å²) in [5.41, 5.74) is 1.86. The van der Waals surface area contributed by atoms with E-state index >= 15 is 0 Å². The van der Waals surface area contributed by atoms with Gasteiger partial charge in [-0.05, 0) is 30.3 Å². The van der Waals surface area contributed by atoms with Crippen molar-refractivity contribution in [1.82, 2.24) is 20.0 Å². The zero-order valence-corrected chi connectivity index (χ0v) is 17.5. The summed E-state index contributed by atoms with van der Waals surface area (Å²) in [6.45, 7) is 0.795. The monoisotopic (exact) mass is 454 g/mol. The molecular formula is C23H20F2N4O4. The number of likely N-dealkylation sites (tertiary alicyclic amines) is 1. The maximum Gasteiger partial charge on any atom is 0.394 e. The molecule has 2 aromatic heterocycles. The van der Waals surface area contributed by atoms with Crippen LogP contribution in [-0.2, 0) is 0 Å². The fourth-order valence-corrected chi connectivity index (χ4v) is 4.04. The van der Waals surface area contributed by atoms with Crippen molar-refractivity contribution in [2.75, 3.05) is 6.54 Å². The van der Waals surface area contributed by atoms with Gasteiger partial charge in [0.15, 0.2) is 0 Å². The number of hydrogen-bond acceptors (Lipinski definition) is 6. The number of rotatable bonds is 5. The lowest BCUT2D eigenvalue weighted by Gasteiger charge is -2.21. The second-order valence-corrected chi connectivity index (χ2v) is 8.00. The van der Waals surface area contributed by atoms with Gasteiger partial charge in [-0.1, -0.05) is 23.4 Å². The van der Waals surface area contributed by atoms with Crippen molar-refractivity contribution in [3.8, 4) is 17.1 Å². The van der Waals surface area contributed by atoms with Gasteiger partial charge in [0, 0.05) is 42.6 Å². The first-order chi connectivity index (χ1) is 15.8. The molecule has 10 heteroatoms. The van der Waals surface area contributed by atoms with Gasteiger partial charge in [0.1, 0.15) is 11.8 Å². The molecule has 0 bridgehead atoms. The van der Waals surface area contributed by atoms with Gasteiger partial charge in [-0.3, -0.25) is 4.79 Å². The van der Waals surface area contributed by atoms with Crippen LogP contribution in [0.15, 0.2) is 59.3 Å². The van der Waals surface area contributed by atoms with Crippen molar-refractivity contribution in [3.63, 3.8) is 0 Å². The number of amides is 1. The van der Waals surface area contributed by atoms with E-state index in [4.69, 9.17) is 4.52 Å². The van der Waals surface area contributed by atoms with Gasteiger partial charge in [-0.15, -0.1) is 0 Å². The molecule has 0 spiro atoms. The minimum Gasteiger partial charge on any atom is -0.433 e. The summed E-state index contributed by atoms with van der Waals surface area (Å²) in [6, 6.07) is 12.7. The van der Waals surface area contributed by atoms with Gasteiger partial charge in [-0.2, -0.15) is 13.8 Å². The van der Waals surface area contributed by atoms with Crippen LogP contribution in [-0.4, -0.2) is 49.8 Å². The van der Waals surface area contributed by atoms with Gasteiger partial charge in [0.05, 0.1) is 11.7 Å². The zero-order valence-electron chi connectivity index (χ0n) is 17.5. The molecular weight excluding hydrogens is 434 g/mol. The molecule has 1 aliphatic rings. The molecule has 5 rings (SSSR count). The highest BCUT2D eigenvalue weighted by Gasteiger charge is 2.39. The minimum absolute atomic E-state index is 0.00406. The number of fused-ring (bicyclic) bond motifs is 1. The van der Waals surface area contributed by atoms with Crippen molar-refractivity contribution in [3.05, 3.63) is 66.2 Å². The number of alkyl halides is 2. The average Bonchev–Trinajstić information content (AvgIpc) is 3.50. The number of hydrogen-bond donors (Lipinski definition) is 2. The summed E-state index contributed by atoms with van der Waals surface area (Å²) in [5, 5.41) is 15.0. The fourth-order valence-electron chi connectivity index (χ4n) is 4.04. The number of halogens is 2. The third-order valence-electron chi connectivity index (χ3n) is 5.50. The Balaban J connectivity index is 1.39. The van der Waals surface area contributed by atoms with Gasteiger partial charge >= 0.3 is 6.11 Å². The van der Waals surface area contributed by atoms with Crippen LogP contribution in [0.3, 0.4) is 0 Å². The van der Waals surface area contributed by atoms with Crippen molar-refractivity contribution < 1.29 is 27.9 Å². The smallest absolute Gasteiger partial charge is 0.394 e. The summed E-state index contributed by atoms with van der Waals surface area (Å²) in [5.74, 6) is 0.177. The molecule has 0 unspecified atom stereocenters. The molecule has 2 aromatic carbocycles. The van der Waals surface area contributed by atoms with Crippen molar-refractivity contribution in [2.24, 2.45) is 0 Å². The molecule has 33 heavy (non-hydrogen) atoms. The third kappa shape index (κ3) is 4.17. The number of H-pyrrole nitrogens is 1. The van der Waals surface area contributed by atoms with E-state index in [1.54, 1.807) is 6.20 Å². The standard InChI is InChI=1S/C23H20F2N4O4/c1-23(24,25)32-15-8-6-13(7-9-15)20-27-21(33-28-20)19-10-14(30)12-29(19)22(31)17-11-26-18-5-3-2-4-16(17)18/h2-9,11,14,19,26,30H,10,12H2,1H3/t14-,19+/m1/s1. The Kier molecular flexibility index (Phi) is 5.09. The number of aliphatic hydroxyl groups is 1. The molecule has 0 aliphatic carbocycles. The third-order valence-corrected chi connectivity index (χ3v) is 5.50. The maximum absolute atomic E-state index is 13.3. The van der Waals surface area contributed by atoms with E-state index in [1.807, 2.05) is 24.3 Å². The highest BCUT2D eigenvalue weighted by molar-refractivity contribution is 6.06. The van der Waals surface area contributed by atoms with E-state index in [0.717, 1.165) is 10.9 Å². The van der Waals surface area contributed by atoms with Crippen LogP contribution in [0.2, 0.25) is 0 Å². The number of nitrogens with zero attached hydrogens (tertiary/aromatic N) is 3. The normalized spacial score (nSPS) is 18.7. The Morgan fingerprint density at radius 2 is 2.00 bits per heavy atom. The van der Waals surface area contributed by atoms with Crippen molar-refractivity contribution in [1.29, 1.82) is 0 Å². The first kappa shape index (κ1) is 21.1. The fraction of sp³-hybridized carbons (Fsp3) is 0.261. The van der Waals surface area contributed by atoms with Gasteiger partial charge in [0.2, 0.25) is 11.7 Å². The summed E-state index contributed by atoms with van der Waals surface area (Å²) < 4.78 is 36.0. The van der Waals surface area contributed by atoms with E-state index < -0.39 is 18.3 Å². The number of aromatic amines is 1. The number of β-amino-alcohol motifs (C(OH)–C–C–N with tert-alkyl or cyclic N) is 1. The Hall–Kier alpha value is -3.79. The number of nitrogens with one attached hydrogen (secondary N) is 1. The lowest BCUT2D eigenvalue weighted by atomic mass is 10.1. The number of aliphatic hydroxyl groups excluding tert-OH is 1. The Bertz CT molecular complexity index is 1300. The largest absolute Gasteiger partial charge is 0.433 e. The molecule has 3 heterocycles. The van der Waals surface area contributed by atoms with Crippen molar-refractivity contribution in [2.45, 2.75) is 31.6 Å². The Morgan fingerprint density at radius 1 is 1.24 bits per heavy atom. The number of para-hydroxylation sites is 1. The first-order valence-electron chi connectivity index (χ1n) is 10.3. The van der Waals surface area contributed by atoms with Crippen LogP contribution >= 0.6 is 0 Å². The summed E-state index contributed by atoms with van der Waals surface area (Å²) in [4.78, 5) is 22.3. The topological polar surface area (TPSA) is 104 Å². The second-order valence-electron chi connectivity index (χ2n) is 8.00. The number of carbonyl (C=O) groups is 1. The highest BCUT2D eigenvalue weighted by atomic mass is 19.3. The highest BCUT2D eigenvalue weighted by Crippen LogP contribution is 2.35. The Labute approximate surface area is 186 Å². The number of carbonyl (C=O) groups excluding carboxylic acids is 1. The van der Waals surface area contributed by atoms with Gasteiger partial charge in [0.25, 0.3) is 5.91 Å². The molecule has 170 valence electrons. The van der Waals surface area contributed by atoms with Crippen molar-refractivity contribution >= 4 is 16.8 Å². The predicted molar refractivity (Wildman–Crippen MR) is 114 cm³/mol.